The Balaban J connectivity index is 1.33. The van der Waals surface area contributed by atoms with E-state index in [-0.39, 0.29) is 5.92 Å². The number of fused-ring (bicyclic) bond motifs is 3. The monoisotopic (exact) mass is 394 g/mol. The third kappa shape index (κ3) is 3.97. The molecule has 1 N–H and O–H groups in total. The number of nitrogens with one attached hydrogen (secondary N) is 1. The number of benzene rings is 3. The van der Waals surface area contributed by atoms with Crippen molar-refractivity contribution in [2.24, 2.45) is 0 Å². The van der Waals surface area contributed by atoms with Gasteiger partial charge < -0.3 is 10.1 Å². The molecule has 3 aromatic rings. The van der Waals surface area contributed by atoms with Crippen molar-refractivity contribution in [3.63, 3.8) is 0 Å². The number of rotatable bonds is 5. The first-order chi connectivity index (χ1) is 14.7. The Morgan fingerprint density at radius 3 is 2.40 bits per heavy atom. The second-order valence-corrected chi connectivity index (χ2v) is 7.29. The second kappa shape index (κ2) is 8.67. The van der Waals surface area contributed by atoms with Crippen molar-refractivity contribution >= 4 is 12.2 Å². The Kier molecular flexibility index (Phi) is 5.63. The van der Waals surface area contributed by atoms with Gasteiger partial charge >= 0.3 is 6.09 Å². The van der Waals surface area contributed by atoms with Crippen molar-refractivity contribution < 1.29 is 9.53 Å². The van der Waals surface area contributed by atoms with Gasteiger partial charge in [0.05, 0.1) is 11.6 Å². The molecule has 1 aliphatic rings. The van der Waals surface area contributed by atoms with E-state index in [4.69, 9.17) is 10.00 Å². The van der Waals surface area contributed by atoms with Crippen LogP contribution in [0.5, 0.6) is 0 Å². The maximum absolute atomic E-state index is 12.2. The zero-order valence-electron chi connectivity index (χ0n) is 16.8. The summed E-state index contributed by atoms with van der Waals surface area (Å²) in [6, 6.07) is 24.4. The number of ether oxygens (including phenoxy) is 1. The minimum absolute atomic E-state index is 0.0515. The summed E-state index contributed by atoms with van der Waals surface area (Å²) in [5.41, 5.74) is 7.33. The van der Waals surface area contributed by atoms with Gasteiger partial charge in [0.2, 0.25) is 0 Å². The Hall–Kier alpha value is -3.84. The topological polar surface area (TPSA) is 62.1 Å². The van der Waals surface area contributed by atoms with E-state index in [1.165, 1.54) is 22.3 Å². The van der Waals surface area contributed by atoms with E-state index in [1.807, 2.05) is 61.5 Å². The Bertz CT molecular complexity index is 1110. The van der Waals surface area contributed by atoms with Gasteiger partial charge in [-0.15, -0.1) is 0 Å². The zero-order chi connectivity index (χ0) is 20.9. The third-order valence-corrected chi connectivity index (χ3v) is 5.40. The van der Waals surface area contributed by atoms with Crippen LogP contribution in [-0.2, 0) is 4.74 Å². The molecule has 0 spiro atoms. The van der Waals surface area contributed by atoms with Gasteiger partial charge in [-0.1, -0.05) is 72.8 Å². The number of hydrogen-bond donors (Lipinski definition) is 1. The standard InChI is InChI=1S/C26H22N2O2/c1-18-12-13-19(15-20(18)16-27)7-6-14-28-26(29)30-17-25-23-10-4-2-8-21(23)22-9-3-5-11-24(22)25/h2-13,15,25H,14,17H2,1H3,(H,28,29). The number of carbonyl (C=O) groups excluding carboxylic acids is 1. The Labute approximate surface area is 176 Å². The van der Waals surface area contributed by atoms with E-state index in [0.717, 1.165) is 11.1 Å². The van der Waals surface area contributed by atoms with E-state index in [2.05, 4.69) is 35.7 Å². The molecule has 0 saturated carbocycles. The normalized spacial score (nSPS) is 12.3. The van der Waals surface area contributed by atoms with Crippen LogP contribution in [0, 0.1) is 18.3 Å². The zero-order valence-corrected chi connectivity index (χ0v) is 16.8. The van der Waals surface area contributed by atoms with Crippen LogP contribution in [-0.4, -0.2) is 19.2 Å². The number of amides is 1. The first-order valence-electron chi connectivity index (χ1n) is 9.93. The molecule has 1 aliphatic carbocycles. The highest BCUT2D eigenvalue weighted by molar-refractivity contribution is 5.79. The van der Waals surface area contributed by atoms with Gasteiger partial charge in [-0.25, -0.2) is 4.79 Å². The molecule has 0 unspecified atom stereocenters. The lowest BCUT2D eigenvalue weighted by Gasteiger charge is -2.14. The molecule has 3 aromatic carbocycles. The fourth-order valence-electron chi connectivity index (χ4n) is 3.85. The molecule has 0 atom stereocenters. The van der Waals surface area contributed by atoms with Crippen LogP contribution < -0.4 is 5.32 Å². The molecule has 0 fully saturated rings. The minimum Gasteiger partial charge on any atom is -0.449 e. The van der Waals surface area contributed by atoms with Crippen molar-refractivity contribution in [3.05, 3.63) is 101 Å². The summed E-state index contributed by atoms with van der Waals surface area (Å²) in [5, 5.41) is 11.9. The smallest absolute Gasteiger partial charge is 0.407 e. The summed E-state index contributed by atoms with van der Waals surface area (Å²) in [7, 11) is 0. The van der Waals surface area contributed by atoms with Crippen LogP contribution in [0.3, 0.4) is 0 Å². The molecule has 0 bridgehead atoms. The quantitative estimate of drug-likeness (QED) is 0.629. The fraction of sp³-hybridized carbons (Fsp3) is 0.154. The lowest BCUT2D eigenvalue weighted by molar-refractivity contribution is 0.144. The highest BCUT2D eigenvalue weighted by Crippen LogP contribution is 2.44. The summed E-state index contributed by atoms with van der Waals surface area (Å²) >= 11 is 0. The van der Waals surface area contributed by atoms with Gasteiger partial charge in [0.15, 0.2) is 0 Å². The van der Waals surface area contributed by atoms with Crippen molar-refractivity contribution in [1.82, 2.24) is 5.32 Å². The van der Waals surface area contributed by atoms with Crippen LogP contribution in [0.1, 0.15) is 33.7 Å². The first-order valence-corrected chi connectivity index (χ1v) is 9.93. The average molecular weight is 394 g/mol. The SMILES string of the molecule is Cc1ccc(C=CCNC(=O)OCC2c3ccccc3-c3ccccc32)cc1C#N. The number of carbonyl (C=O) groups is 1. The molecule has 30 heavy (non-hydrogen) atoms. The molecule has 4 nitrogen and oxygen atoms in total. The average Bonchev–Trinajstić information content (AvgIpc) is 3.10. The lowest BCUT2D eigenvalue weighted by atomic mass is 9.98. The summed E-state index contributed by atoms with van der Waals surface area (Å²) in [6.45, 7) is 2.56. The number of nitrogens with zero attached hydrogens (tertiary/aromatic N) is 1. The van der Waals surface area contributed by atoms with Gasteiger partial charge in [0.1, 0.15) is 6.61 Å². The van der Waals surface area contributed by atoms with Gasteiger partial charge in [0, 0.05) is 12.5 Å². The predicted molar refractivity (Wildman–Crippen MR) is 118 cm³/mol. The Morgan fingerprint density at radius 1 is 1.07 bits per heavy atom. The van der Waals surface area contributed by atoms with Gasteiger partial charge in [-0.05, 0) is 46.4 Å². The number of aryl methyl sites for hydroxylation is 1. The maximum Gasteiger partial charge on any atom is 0.407 e. The highest BCUT2D eigenvalue weighted by atomic mass is 16.5. The van der Waals surface area contributed by atoms with E-state index >= 15 is 0 Å². The highest BCUT2D eigenvalue weighted by Gasteiger charge is 2.28. The van der Waals surface area contributed by atoms with Crippen molar-refractivity contribution in [1.29, 1.82) is 5.26 Å². The van der Waals surface area contributed by atoms with Crippen LogP contribution in [0.2, 0.25) is 0 Å². The molecule has 0 saturated heterocycles. The second-order valence-electron chi connectivity index (χ2n) is 7.29. The van der Waals surface area contributed by atoms with E-state index in [0.29, 0.717) is 18.7 Å². The van der Waals surface area contributed by atoms with Crippen molar-refractivity contribution in [2.75, 3.05) is 13.2 Å². The molecule has 148 valence electrons. The summed E-state index contributed by atoms with van der Waals surface area (Å²) in [4.78, 5) is 12.2. The van der Waals surface area contributed by atoms with Crippen LogP contribution in [0.4, 0.5) is 4.79 Å². The predicted octanol–water partition coefficient (Wildman–Crippen LogP) is 5.42. The van der Waals surface area contributed by atoms with Crippen LogP contribution in [0.15, 0.2) is 72.8 Å². The molecule has 4 rings (SSSR count). The van der Waals surface area contributed by atoms with Gasteiger partial charge in [-0.2, -0.15) is 5.26 Å². The molecule has 0 radical (unpaired) electrons. The molecular weight excluding hydrogens is 372 g/mol. The summed E-state index contributed by atoms with van der Waals surface area (Å²) < 4.78 is 5.52. The molecule has 0 aromatic heterocycles. The maximum atomic E-state index is 12.2. The number of hydrogen-bond acceptors (Lipinski definition) is 3. The van der Waals surface area contributed by atoms with Crippen molar-refractivity contribution in [2.45, 2.75) is 12.8 Å². The lowest BCUT2D eigenvalue weighted by Crippen LogP contribution is -2.26. The number of nitriles is 1. The van der Waals surface area contributed by atoms with Crippen LogP contribution in [0.25, 0.3) is 17.2 Å². The largest absolute Gasteiger partial charge is 0.449 e. The summed E-state index contributed by atoms with van der Waals surface area (Å²) in [6.07, 6.45) is 3.28. The molecule has 1 amide bonds. The van der Waals surface area contributed by atoms with E-state index in [9.17, 15) is 4.79 Å². The summed E-state index contributed by atoms with van der Waals surface area (Å²) in [5.74, 6) is 0.0515. The molecular formula is C26H22N2O2. The van der Waals surface area contributed by atoms with Gasteiger partial charge in [0.25, 0.3) is 0 Å². The fourth-order valence-corrected chi connectivity index (χ4v) is 3.85. The Morgan fingerprint density at radius 2 is 1.73 bits per heavy atom. The van der Waals surface area contributed by atoms with Gasteiger partial charge in [-0.3, -0.25) is 0 Å². The first kappa shape index (κ1) is 19.5. The van der Waals surface area contributed by atoms with E-state index in [1.54, 1.807) is 0 Å². The van der Waals surface area contributed by atoms with Crippen molar-refractivity contribution in [3.8, 4) is 17.2 Å². The minimum atomic E-state index is -0.442. The van der Waals surface area contributed by atoms with E-state index < -0.39 is 6.09 Å². The number of alkyl carbamates (subject to hydrolysis) is 1. The molecule has 4 heteroatoms. The van der Waals surface area contributed by atoms with Crippen LogP contribution >= 0.6 is 0 Å². The third-order valence-electron chi connectivity index (χ3n) is 5.40. The molecule has 0 heterocycles. The molecule has 0 aliphatic heterocycles.